The van der Waals surface area contributed by atoms with E-state index in [-0.39, 0.29) is 36.7 Å². The number of carboxylic acid groups (broad SMARTS) is 1. The summed E-state index contributed by atoms with van der Waals surface area (Å²) in [6.45, 7) is 3.56. The first kappa shape index (κ1) is 39.0. The van der Waals surface area contributed by atoms with Crippen LogP contribution >= 0.6 is 0 Å². The van der Waals surface area contributed by atoms with Crippen molar-refractivity contribution in [2.24, 2.45) is 0 Å². The topological polar surface area (TPSA) is 99.1 Å². The highest BCUT2D eigenvalue weighted by Gasteiger charge is 2.31. The van der Waals surface area contributed by atoms with Crippen LogP contribution in [0.1, 0.15) is 84.5 Å². The van der Waals surface area contributed by atoms with E-state index in [0.717, 1.165) is 51.4 Å². The first-order valence-corrected chi connectivity index (χ1v) is 15.3. The molecule has 42 heavy (non-hydrogen) atoms. The zero-order valence-corrected chi connectivity index (χ0v) is 26.7. The van der Waals surface area contributed by atoms with Gasteiger partial charge in [0.15, 0.2) is 12.1 Å². The van der Waals surface area contributed by atoms with E-state index >= 15 is 0 Å². The van der Waals surface area contributed by atoms with Gasteiger partial charge in [0, 0.05) is 19.8 Å². The smallest absolute Gasteiger partial charge is 0.362 e. The molecule has 0 bridgehead atoms. The van der Waals surface area contributed by atoms with Crippen LogP contribution in [0, 0.1) is 0 Å². The lowest BCUT2D eigenvalue weighted by Gasteiger charge is -2.31. The van der Waals surface area contributed by atoms with Crippen molar-refractivity contribution in [1.82, 2.24) is 0 Å². The fraction of sp³-hybridized carbons (Fsp3) is 0.618. The minimum absolute atomic E-state index is 0.0343. The normalized spacial score (nSPS) is 14.0. The molecule has 0 aliphatic heterocycles. The van der Waals surface area contributed by atoms with Gasteiger partial charge in [0.25, 0.3) is 0 Å². The molecule has 0 fully saturated rings. The molecular formula is C34H56NO7+. The van der Waals surface area contributed by atoms with Gasteiger partial charge in [-0.05, 0) is 51.4 Å². The van der Waals surface area contributed by atoms with Gasteiger partial charge in [-0.2, -0.15) is 0 Å². The summed E-state index contributed by atoms with van der Waals surface area (Å²) in [5.74, 6) is -1.72. The van der Waals surface area contributed by atoms with Gasteiger partial charge in [-0.3, -0.25) is 9.59 Å². The number of quaternary nitrogens is 1. The van der Waals surface area contributed by atoms with E-state index in [4.69, 9.17) is 14.2 Å². The molecule has 238 valence electrons. The molecule has 0 aliphatic carbocycles. The molecule has 0 saturated heterocycles. The first-order chi connectivity index (χ1) is 20.1. The molecule has 8 heteroatoms. The summed E-state index contributed by atoms with van der Waals surface area (Å²) in [5, 5.41) is 9.42. The Morgan fingerprint density at radius 3 is 1.81 bits per heavy atom. The van der Waals surface area contributed by atoms with Crippen molar-refractivity contribution in [2.75, 3.05) is 41.0 Å². The van der Waals surface area contributed by atoms with Crippen molar-refractivity contribution in [3.63, 3.8) is 0 Å². The van der Waals surface area contributed by atoms with E-state index in [9.17, 15) is 19.5 Å². The summed E-state index contributed by atoms with van der Waals surface area (Å²) in [4.78, 5) is 35.0. The SMILES string of the molecule is CC/C=C\C/C=C\C/C=C\C/C=C\C/C=C\CCCCCC(=O)OC(COCCC(C(=O)O)[N+](C)(C)C)COC(C)=O. The number of likely N-dealkylation sites (N-methyl/N-ethyl adjacent to an activating group) is 1. The zero-order valence-electron chi connectivity index (χ0n) is 26.7. The number of esters is 2. The van der Waals surface area contributed by atoms with Crippen molar-refractivity contribution in [3.05, 3.63) is 60.8 Å². The Bertz CT molecular complexity index is 881. The molecule has 1 N–H and O–H groups in total. The number of rotatable bonds is 25. The Hall–Kier alpha value is -2.97. The van der Waals surface area contributed by atoms with E-state index in [1.807, 2.05) is 21.1 Å². The Labute approximate surface area is 254 Å². The Balaban J connectivity index is 4.09. The number of hydrogen-bond acceptors (Lipinski definition) is 6. The maximum Gasteiger partial charge on any atom is 0.362 e. The minimum Gasteiger partial charge on any atom is -0.477 e. The lowest BCUT2D eigenvalue weighted by Crippen LogP contribution is -2.50. The van der Waals surface area contributed by atoms with Crippen LogP contribution in [0.5, 0.6) is 0 Å². The average Bonchev–Trinajstić information content (AvgIpc) is 2.91. The second kappa shape index (κ2) is 25.7. The summed E-state index contributed by atoms with van der Waals surface area (Å²) in [5.41, 5.74) is 0. The third-order valence-corrected chi connectivity index (χ3v) is 6.24. The number of allylic oxidation sites excluding steroid dienone is 10. The van der Waals surface area contributed by atoms with Gasteiger partial charge >= 0.3 is 17.9 Å². The van der Waals surface area contributed by atoms with Crippen LogP contribution in [0.4, 0.5) is 0 Å². The summed E-state index contributed by atoms with van der Waals surface area (Å²) in [6, 6.07) is -0.617. The summed E-state index contributed by atoms with van der Waals surface area (Å²) < 4.78 is 16.3. The standard InChI is InChI=1S/C34H55NO7/c1-6-7-8-9-10-11-12-13-14-15-16-17-18-19-20-21-22-23-24-25-33(37)42-31(29-41-30(2)36)28-40-27-26-32(34(38)39)35(3,4)5/h7-8,10-11,13-14,16-17,19-20,31-32H,6,9,12,15,18,21-29H2,1-5H3/p+1/b8-7-,11-10-,14-13-,17-16-,20-19-. The molecule has 0 aliphatic rings. The number of ether oxygens (including phenoxy) is 3. The number of nitrogens with zero attached hydrogens (tertiary/aromatic N) is 1. The van der Waals surface area contributed by atoms with Crippen molar-refractivity contribution >= 4 is 17.9 Å². The zero-order chi connectivity index (χ0) is 31.5. The van der Waals surface area contributed by atoms with Crippen molar-refractivity contribution in [1.29, 1.82) is 0 Å². The molecular weight excluding hydrogens is 534 g/mol. The van der Waals surface area contributed by atoms with Gasteiger partial charge in [-0.1, -0.05) is 74.1 Å². The number of aliphatic carboxylic acids is 1. The fourth-order valence-corrected chi connectivity index (χ4v) is 3.90. The maximum atomic E-state index is 12.3. The summed E-state index contributed by atoms with van der Waals surface area (Å²) in [6.07, 6.45) is 30.2. The molecule has 2 atom stereocenters. The highest BCUT2D eigenvalue weighted by Crippen LogP contribution is 2.10. The van der Waals surface area contributed by atoms with E-state index < -0.39 is 24.1 Å². The van der Waals surface area contributed by atoms with E-state index in [1.54, 1.807) is 0 Å². The number of carbonyl (C=O) groups is 3. The molecule has 2 unspecified atom stereocenters. The predicted molar refractivity (Wildman–Crippen MR) is 169 cm³/mol. The van der Waals surface area contributed by atoms with Crippen LogP contribution in [0.2, 0.25) is 0 Å². The molecule has 0 aromatic carbocycles. The van der Waals surface area contributed by atoms with Crippen molar-refractivity contribution < 1.29 is 38.2 Å². The Morgan fingerprint density at radius 1 is 0.762 bits per heavy atom. The fourth-order valence-electron chi connectivity index (χ4n) is 3.90. The van der Waals surface area contributed by atoms with Gasteiger partial charge in [-0.25, -0.2) is 4.79 Å². The summed E-state index contributed by atoms with van der Waals surface area (Å²) in [7, 11) is 5.44. The first-order valence-electron chi connectivity index (χ1n) is 15.3. The molecule has 0 aromatic heterocycles. The molecule has 0 rings (SSSR count). The quantitative estimate of drug-likeness (QED) is 0.0545. The van der Waals surface area contributed by atoms with Crippen LogP contribution < -0.4 is 0 Å². The largest absolute Gasteiger partial charge is 0.477 e. The molecule has 0 amide bonds. The predicted octanol–water partition coefficient (Wildman–Crippen LogP) is 6.73. The van der Waals surface area contributed by atoms with Crippen LogP contribution in [0.15, 0.2) is 60.8 Å². The van der Waals surface area contributed by atoms with E-state index in [1.165, 1.54) is 6.92 Å². The number of carboxylic acids is 1. The molecule has 0 radical (unpaired) electrons. The Kier molecular flexibility index (Phi) is 23.9. The van der Waals surface area contributed by atoms with Gasteiger partial charge in [0.1, 0.15) is 6.61 Å². The van der Waals surface area contributed by atoms with Crippen molar-refractivity contribution in [3.8, 4) is 0 Å². The van der Waals surface area contributed by atoms with Crippen LogP contribution in [-0.2, 0) is 28.6 Å². The number of hydrogen-bond donors (Lipinski definition) is 1. The highest BCUT2D eigenvalue weighted by molar-refractivity contribution is 5.72. The lowest BCUT2D eigenvalue weighted by molar-refractivity contribution is -0.887. The highest BCUT2D eigenvalue weighted by atomic mass is 16.6. The van der Waals surface area contributed by atoms with E-state index in [0.29, 0.717) is 12.8 Å². The minimum atomic E-state index is -0.893. The summed E-state index contributed by atoms with van der Waals surface area (Å²) >= 11 is 0. The van der Waals surface area contributed by atoms with Crippen LogP contribution in [-0.4, -0.2) is 80.6 Å². The Morgan fingerprint density at radius 2 is 1.31 bits per heavy atom. The third-order valence-electron chi connectivity index (χ3n) is 6.24. The van der Waals surface area contributed by atoms with Crippen LogP contribution in [0.25, 0.3) is 0 Å². The van der Waals surface area contributed by atoms with Gasteiger partial charge in [0.05, 0.1) is 34.4 Å². The molecule has 8 nitrogen and oxygen atoms in total. The van der Waals surface area contributed by atoms with Gasteiger partial charge < -0.3 is 23.8 Å². The van der Waals surface area contributed by atoms with Gasteiger partial charge in [0.2, 0.25) is 0 Å². The van der Waals surface area contributed by atoms with Gasteiger partial charge in [-0.15, -0.1) is 0 Å². The number of unbranched alkanes of at least 4 members (excludes halogenated alkanes) is 3. The third kappa shape index (κ3) is 24.8. The van der Waals surface area contributed by atoms with Crippen LogP contribution in [0.3, 0.4) is 0 Å². The van der Waals surface area contributed by atoms with Crippen molar-refractivity contribution in [2.45, 2.75) is 96.6 Å². The molecule has 0 saturated carbocycles. The number of carbonyl (C=O) groups excluding carboxylic acids is 2. The van der Waals surface area contributed by atoms with E-state index in [2.05, 4.69) is 67.7 Å². The second-order valence-corrected chi connectivity index (χ2v) is 11.1. The second-order valence-electron chi connectivity index (χ2n) is 11.1. The molecule has 0 aromatic rings. The molecule has 0 spiro atoms. The maximum absolute atomic E-state index is 12.3. The molecule has 0 heterocycles. The monoisotopic (exact) mass is 590 g/mol. The average molecular weight is 591 g/mol. The lowest BCUT2D eigenvalue weighted by atomic mass is 10.1.